The Morgan fingerprint density at radius 2 is 1.71 bits per heavy atom. The van der Waals surface area contributed by atoms with E-state index in [1.165, 1.54) is 24.3 Å². The topological polar surface area (TPSA) is 65.0 Å². The van der Waals surface area contributed by atoms with Crippen LogP contribution < -0.4 is 8.92 Å². The molecule has 3 rings (SSSR count). The molecule has 31 heavy (non-hydrogen) atoms. The van der Waals surface area contributed by atoms with Gasteiger partial charge >= 0.3 is 10.1 Å². The second-order valence-electron chi connectivity index (χ2n) is 6.80. The van der Waals surface area contributed by atoms with Crippen molar-refractivity contribution in [1.82, 2.24) is 0 Å². The minimum Gasteiger partial charge on any atom is -0.490 e. The predicted octanol–water partition coefficient (Wildman–Crippen LogP) is 6.53. The number of hydrogen-bond acceptors (Lipinski definition) is 5. The van der Waals surface area contributed by atoms with Crippen LogP contribution in [0.1, 0.15) is 23.6 Å². The highest BCUT2D eigenvalue weighted by molar-refractivity contribution is 7.87. The van der Waals surface area contributed by atoms with Gasteiger partial charge in [-0.3, -0.25) is 4.99 Å². The second-order valence-corrected chi connectivity index (χ2v) is 9.19. The Kier molecular flexibility index (Phi) is 7.26. The zero-order valence-corrected chi connectivity index (χ0v) is 19.6. The molecule has 0 aliphatic rings. The van der Waals surface area contributed by atoms with E-state index in [9.17, 15) is 8.42 Å². The van der Waals surface area contributed by atoms with E-state index >= 15 is 0 Å². The summed E-state index contributed by atoms with van der Waals surface area (Å²) in [7, 11) is -4.13. The fraction of sp³-hybridized carbons (Fsp3) is 0.174. The first kappa shape index (κ1) is 23.1. The molecule has 0 aromatic heterocycles. The minimum atomic E-state index is -4.13. The van der Waals surface area contributed by atoms with Crippen LogP contribution in [-0.4, -0.2) is 21.2 Å². The zero-order chi connectivity index (χ0) is 22.6. The molecule has 0 bridgehead atoms. The van der Waals surface area contributed by atoms with Gasteiger partial charge in [-0.15, -0.1) is 0 Å². The SMILES string of the molecule is CCOc1cc(C=Nc2ccc(C)cc2C)cc(Cl)c1OS(=O)(=O)c1ccc(Cl)cc1. The van der Waals surface area contributed by atoms with Crippen LogP contribution in [0.15, 0.2) is 64.5 Å². The van der Waals surface area contributed by atoms with Crippen LogP contribution in [0.3, 0.4) is 0 Å². The molecule has 3 aromatic rings. The highest BCUT2D eigenvalue weighted by Gasteiger charge is 2.22. The van der Waals surface area contributed by atoms with Gasteiger partial charge in [-0.2, -0.15) is 8.42 Å². The van der Waals surface area contributed by atoms with E-state index in [-0.39, 0.29) is 21.4 Å². The molecule has 162 valence electrons. The largest absolute Gasteiger partial charge is 0.490 e. The molecule has 0 radical (unpaired) electrons. The van der Waals surface area contributed by atoms with Crippen molar-refractivity contribution in [3.63, 3.8) is 0 Å². The molecule has 0 spiro atoms. The number of hydrogen-bond donors (Lipinski definition) is 0. The first-order chi connectivity index (χ1) is 14.7. The monoisotopic (exact) mass is 477 g/mol. The van der Waals surface area contributed by atoms with Gasteiger partial charge in [0.05, 0.1) is 17.3 Å². The molecule has 0 atom stereocenters. The van der Waals surface area contributed by atoms with E-state index in [0.29, 0.717) is 17.2 Å². The summed E-state index contributed by atoms with van der Waals surface area (Å²) in [6.45, 7) is 6.08. The van der Waals surface area contributed by atoms with Crippen molar-refractivity contribution < 1.29 is 17.3 Å². The lowest BCUT2D eigenvalue weighted by atomic mass is 10.1. The molecule has 0 saturated heterocycles. The molecular formula is C23H21Cl2NO4S. The van der Waals surface area contributed by atoms with Crippen molar-refractivity contribution in [2.45, 2.75) is 25.7 Å². The van der Waals surface area contributed by atoms with E-state index in [2.05, 4.69) is 4.99 Å². The third-order valence-corrected chi connectivity index (χ3v) is 6.10. The molecule has 5 nitrogen and oxygen atoms in total. The lowest BCUT2D eigenvalue weighted by Crippen LogP contribution is -2.11. The fourth-order valence-electron chi connectivity index (χ4n) is 2.86. The Bertz CT molecular complexity index is 1220. The lowest BCUT2D eigenvalue weighted by Gasteiger charge is -2.14. The maximum absolute atomic E-state index is 12.7. The average Bonchev–Trinajstić information content (AvgIpc) is 2.70. The Morgan fingerprint density at radius 1 is 1.00 bits per heavy atom. The van der Waals surface area contributed by atoms with E-state index < -0.39 is 10.1 Å². The smallest absolute Gasteiger partial charge is 0.339 e. The Labute approximate surface area is 192 Å². The van der Waals surface area contributed by atoms with Crippen LogP contribution in [0.4, 0.5) is 5.69 Å². The van der Waals surface area contributed by atoms with Gasteiger partial charge in [0.25, 0.3) is 0 Å². The van der Waals surface area contributed by atoms with Crippen molar-refractivity contribution in [3.8, 4) is 11.5 Å². The Morgan fingerprint density at radius 3 is 2.35 bits per heavy atom. The van der Waals surface area contributed by atoms with Crippen LogP contribution in [0.2, 0.25) is 10.0 Å². The van der Waals surface area contributed by atoms with Crippen molar-refractivity contribution in [1.29, 1.82) is 0 Å². The second kappa shape index (κ2) is 9.73. The normalized spacial score (nSPS) is 11.6. The van der Waals surface area contributed by atoms with Crippen LogP contribution in [0.25, 0.3) is 0 Å². The average molecular weight is 478 g/mol. The zero-order valence-electron chi connectivity index (χ0n) is 17.2. The molecule has 0 aliphatic carbocycles. The summed E-state index contributed by atoms with van der Waals surface area (Å²) in [5, 5.41) is 0.505. The standard InChI is InChI=1S/C23H21Cl2NO4S/c1-4-29-22-13-17(14-26-21-10-5-15(2)11-16(21)3)12-20(25)23(22)30-31(27,28)19-8-6-18(24)7-9-19/h5-14H,4H2,1-3H3. The van der Waals surface area contributed by atoms with Crippen LogP contribution in [0, 0.1) is 13.8 Å². The van der Waals surface area contributed by atoms with Crippen LogP contribution in [0.5, 0.6) is 11.5 Å². The van der Waals surface area contributed by atoms with Crippen molar-refractivity contribution >= 4 is 45.2 Å². The molecule has 0 aliphatic heterocycles. The quantitative estimate of drug-likeness (QED) is 0.286. The van der Waals surface area contributed by atoms with Gasteiger partial charge in [0, 0.05) is 11.2 Å². The van der Waals surface area contributed by atoms with Crippen molar-refractivity contribution in [3.05, 3.63) is 81.3 Å². The number of rotatable bonds is 7. The van der Waals surface area contributed by atoms with Crippen LogP contribution >= 0.6 is 23.2 Å². The summed E-state index contributed by atoms with van der Waals surface area (Å²) in [6, 6.07) is 14.8. The minimum absolute atomic E-state index is 0.0455. The lowest BCUT2D eigenvalue weighted by molar-refractivity contribution is 0.327. The fourth-order valence-corrected chi connectivity index (χ4v) is 4.25. The predicted molar refractivity (Wildman–Crippen MR) is 125 cm³/mol. The van der Waals surface area contributed by atoms with E-state index in [1.54, 1.807) is 25.3 Å². The number of aliphatic imine (C=N–C) groups is 1. The third-order valence-electron chi connectivity index (χ3n) is 4.33. The Hall–Kier alpha value is -2.54. The number of nitrogens with zero attached hydrogens (tertiary/aromatic N) is 1. The molecule has 8 heteroatoms. The van der Waals surface area contributed by atoms with Crippen molar-refractivity contribution in [2.24, 2.45) is 4.99 Å². The summed E-state index contributed by atoms with van der Waals surface area (Å²) < 4.78 is 36.3. The van der Waals surface area contributed by atoms with E-state index in [4.69, 9.17) is 32.1 Å². The first-order valence-corrected chi connectivity index (χ1v) is 11.6. The summed E-state index contributed by atoms with van der Waals surface area (Å²) >= 11 is 12.2. The van der Waals surface area contributed by atoms with Gasteiger partial charge in [0.1, 0.15) is 4.90 Å². The highest BCUT2D eigenvalue weighted by Crippen LogP contribution is 2.38. The van der Waals surface area contributed by atoms with Gasteiger partial charge in [-0.1, -0.05) is 40.9 Å². The number of halogens is 2. The first-order valence-electron chi connectivity index (χ1n) is 9.47. The molecule has 0 N–H and O–H groups in total. The molecule has 0 unspecified atom stereocenters. The molecule has 0 heterocycles. The summed E-state index contributed by atoms with van der Waals surface area (Å²) in [4.78, 5) is 4.46. The number of benzene rings is 3. The summed E-state index contributed by atoms with van der Waals surface area (Å²) in [5.74, 6) is 0.122. The maximum Gasteiger partial charge on any atom is 0.339 e. The van der Waals surface area contributed by atoms with Gasteiger partial charge in [-0.05, 0) is 74.4 Å². The van der Waals surface area contributed by atoms with Crippen LogP contribution in [-0.2, 0) is 10.1 Å². The molecule has 0 amide bonds. The van der Waals surface area contributed by atoms with Crippen molar-refractivity contribution in [2.75, 3.05) is 6.61 Å². The number of ether oxygens (including phenoxy) is 1. The Balaban J connectivity index is 1.95. The summed E-state index contributed by atoms with van der Waals surface area (Å²) in [6.07, 6.45) is 1.64. The number of aryl methyl sites for hydroxylation is 2. The van der Waals surface area contributed by atoms with E-state index in [0.717, 1.165) is 16.8 Å². The highest BCUT2D eigenvalue weighted by atomic mass is 35.5. The van der Waals surface area contributed by atoms with Gasteiger partial charge in [0.2, 0.25) is 5.75 Å². The molecular weight excluding hydrogens is 457 g/mol. The molecule has 3 aromatic carbocycles. The maximum atomic E-state index is 12.7. The third kappa shape index (κ3) is 5.79. The molecule has 0 fully saturated rings. The van der Waals surface area contributed by atoms with E-state index in [1.807, 2.05) is 32.0 Å². The summed E-state index contributed by atoms with van der Waals surface area (Å²) in [5.41, 5.74) is 3.66. The van der Waals surface area contributed by atoms with Gasteiger partial charge in [-0.25, -0.2) is 0 Å². The van der Waals surface area contributed by atoms with Gasteiger partial charge in [0.15, 0.2) is 5.75 Å². The van der Waals surface area contributed by atoms with Gasteiger partial charge < -0.3 is 8.92 Å². The molecule has 0 saturated carbocycles.